The van der Waals surface area contributed by atoms with Crippen molar-refractivity contribution in [3.8, 4) is 0 Å². The quantitative estimate of drug-likeness (QED) is 0.439. The molecule has 1 saturated heterocycles. The second-order valence-corrected chi connectivity index (χ2v) is 11.2. The molecule has 1 fully saturated rings. The van der Waals surface area contributed by atoms with E-state index < -0.39 is 19.5 Å². The average Bonchev–Trinajstić information content (AvgIpc) is 2.20. The fraction of sp³-hybridized carbons (Fsp3) is 0.833. The molecular formula is C12H22O4Si. The van der Waals surface area contributed by atoms with Crippen LogP contribution in [-0.2, 0) is 19.1 Å². The lowest BCUT2D eigenvalue weighted by Gasteiger charge is -2.36. The molecule has 1 aliphatic heterocycles. The summed E-state index contributed by atoms with van der Waals surface area (Å²) in [6.45, 7) is 9.12. The van der Waals surface area contributed by atoms with Gasteiger partial charge in [-0.2, -0.15) is 0 Å². The zero-order valence-corrected chi connectivity index (χ0v) is 12.2. The molecule has 0 aromatic carbocycles. The van der Waals surface area contributed by atoms with E-state index in [2.05, 4.69) is 19.6 Å². The minimum absolute atomic E-state index is 0.00961. The van der Waals surface area contributed by atoms with Crippen LogP contribution < -0.4 is 0 Å². The molecule has 0 aliphatic carbocycles. The van der Waals surface area contributed by atoms with Crippen molar-refractivity contribution >= 4 is 19.8 Å². The first-order valence-electron chi connectivity index (χ1n) is 6.10. The molecule has 98 valence electrons. The summed E-state index contributed by atoms with van der Waals surface area (Å²) >= 11 is 0. The monoisotopic (exact) mass is 258 g/mol. The first-order valence-corrected chi connectivity index (χ1v) is 9.81. The summed E-state index contributed by atoms with van der Waals surface area (Å²) < 4.78 is 10.5. The van der Waals surface area contributed by atoms with E-state index in [4.69, 9.17) is 9.47 Å². The van der Waals surface area contributed by atoms with Gasteiger partial charge in [0, 0.05) is 14.5 Å². The maximum atomic E-state index is 12.2. The van der Waals surface area contributed by atoms with Gasteiger partial charge < -0.3 is 9.47 Å². The lowest BCUT2D eigenvalue weighted by Crippen LogP contribution is -2.51. The van der Waals surface area contributed by atoms with E-state index in [0.29, 0.717) is 25.7 Å². The number of hydrogen-bond donors (Lipinski definition) is 0. The highest BCUT2D eigenvalue weighted by Crippen LogP contribution is 2.36. The van der Waals surface area contributed by atoms with Crippen molar-refractivity contribution in [2.75, 3.05) is 19.8 Å². The van der Waals surface area contributed by atoms with Gasteiger partial charge in [0.1, 0.15) is 5.41 Å². The topological polar surface area (TPSA) is 52.6 Å². The third-order valence-electron chi connectivity index (χ3n) is 2.85. The summed E-state index contributed by atoms with van der Waals surface area (Å²) in [5, 5.41) is 0. The van der Waals surface area contributed by atoms with Crippen molar-refractivity contribution < 1.29 is 19.1 Å². The minimum atomic E-state index is -1.55. The number of ether oxygens (including phenoxy) is 2. The lowest BCUT2D eigenvalue weighted by molar-refractivity contribution is -0.167. The van der Waals surface area contributed by atoms with Crippen LogP contribution in [0.3, 0.4) is 0 Å². The Balaban J connectivity index is 2.98. The zero-order valence-electron chi connectivity index (χ0n) is 11.2. The van der Waals surface area contributed by atoms with E-state index in [1.54, 1.807) is 6.92 Å². The van der Waals surface area contributed by atoms with Crippen LogP contribution in [0.2, 0.25) is 25.7 Å². The van der Waals surface area contributed by atoms with Crippen LogP contribution in [0.1, 0.15) is 13.3 Å². The van der Waals surface area contributed by atoms with Gasteiger partial charge in [0.2, 0.25) is 0 Å². The predicted octanol–water partition coefficient (Wildman–Crippen LogP) is 1.86. The Morgan fingerprint density at radius 3 is 2.59 bits per heavy atom. The molecule has 1 heterocycles. The molecule has 0 aromatic heterocycles. The summed E-state index contributed by atoms with van der Waals surface area (Å²) in [4.78, 5) is 24.3. The van der Waals surface area contributed by atoms with Crippen molar-refractivity contribution in [2.24, 2.45) is 5.41 Å². The van der Waals surface area contributed by atoms with E-state index in [1.165, 1.54) is 0 Å². The van der Waals surface area contributed by atoms with Gasteiger partial charge in [0.05, 0.1) is 19.8 Å². The van der Waals surface area contributed by atoms with Crippen LogP contribution in [0.15, 0.2) is 0 Å². The molecule has 0 saturated carbocycles. The second-order valence-electron chi connectivity index (χ2n) is 5.77. The van der Waals surface area contributed by atoms with Crippen LogP contribution in [0.4, 0.5) is 0 Å². The molecule has 0 radical (unpaired) electrons. The fourth-order valence-electron chi connectivity index (χ4n) is 2.30. The van der Waals surface area contributed by atoms with Crippen molar-refractivity contribution in [2.45, 2.75) is 39.0 Å². The summed E-state index contributed by atoms with van der Waals surface area (Å²) in [5.41, 5.74) is -1.03. The molecular weight excluding hydrogens is 236 g/mol. The molecule has 0 amide bonds. The highest BCUT2D eigenvalue weighted by molar-refractivity contribution is 6.76. The Morgan fingerprint density at radius 1 is 1.47 bits per heavy atom. The summed E-state index contributed by atoms with van der Waals surface area (Å²) in [6, 6.07) is 0.609. The highest BCUT2D eigenvalue weighted by atomic mass is 28.3. The van der Waals surface area contributed by atoms with E-state index in [-0.39, 0.29) is 12.4 Å². The largest absolute Gasteiger partial charge is 0.465 e. The molecule has 17 heavy (non-hydrogen) atoms. The van der Waals surface area contributed by atoms with Gasteiger partial charge in [-0.3, -0.25) is 9.59 Å². The standard InChI is InChI=1S/C12H22O4Si/c1-5-16-11(14)12(9-17(2,3)4)8-15-7-6-10(12)13/h5-9H2,1-4H3. The van der Waals surface area contributed by atoms with Crippen molar-refractivity contribution in [1.29, 1.82) is 0 Å². The predicted molar refractivity (Wildman–Crippen MR) is 67.7 cm³/mol. The third kappa shape index (κ3) is 3.39. The van der Waals surface area contributed by atoms with E-state index >= 15 is 0 Å². The number of ketones is 1. The number of carbonyl (C=O) groups excluding carboxylic acids is 2. The molecule has 0 aromatic rings. The summed E-state index contributed by atoms with van der Waals surface area (Å²) in [6.07, 6.45) is 0.323. The SMILES string of the molecule is CCOC(=O)C1(C[Si](C)(C)C)COCCC1=O. The average molecular weight is 258 g/mol. The van der Waals surface area contributed by atoms with Crippen molar-refractivity contribution in [1.82, 2.24) is 0 Å². The molecule has 1 rings (SSSR count). The Morgan fingerprint density at radius 2 is 2.12 bits per heavy atom. The van der Waals surface area contributed by atoms with Crippen molar-refractivity contribution in [3.05, 3.63) is 0 Å². The van der Waals surface area contributed by atoms with Gasteiger partial charge in [-0.25, -0.2) is 0 Å². The second kappa shape index (κ2) is 5.31. The molecule has 0 bridgehead atoms. The van der Waals surface area contributed by atoms with Gasteiger partial charge in [-0.15, -0.1) is 0 Å². The normalized spacial score (nSPS) is 25.8. The smallest absolute Gasteiger partial charge is 0.321 e. The minimum Gasteiger partial charge on any atom is -0.465 e. The molecule has 1 atom stereocenters. The maximum absolute atomic E-state index is 12.2. The van der Waals surface area contributed by atoms with E-state index in [0.717, 1.165) is 0 Å². The maximum Gasteiger partial charge on any atom is 0.321 e. The van der Waals surface area contributed by atoms with Gasteiger partial charge >= 0.3 is 5.97 Å². The first kappa shape index (κ1) is 14.4. The number of Topliss-reactive ketones (excluding diaryl/α,β-unsaturated/α-hetero) is 1. The van der Waals surface area contributed by atoms with Crippen LogP contribution in [-0.4, -0.2) is 39.6 Å². The molecule has 1 unspecified atom stereocenters. The van der Waals surface area contributed by atoms with Crippen molar-refractivity contribution in [3.63, 3.8) is 0 Å². The number of rotatable bonds is 4. The molecule has 4 nitrogen and oxygen atoms in total. The molecule has 0 spiro atoms. The Kier molecular flexibility index (Phi) is 4.49. The first-order chi connectivity index (χ1) is 7.82. The van der Waals surface area contributed by atoms with E-state index in [1.807, 2.05) is 0 Å². The Hall–Kier alpha value is -0.683. The summed E-state index contributed by atoms with van der Waals surface area (Å²) in [5.74, 6) is -0.406. The fourth-order valence-corrected chi connectivity index (χ4v) is 4.55. The van der Waals surface area contributed by atoms with Gasteiger partial charge in [-0.1, -0.05) is 19.6 Å². The number of esters is 1. The highest BCUT2D eigenvalue weighted by Gasteiger charge is 2.51. The van der Waals surface area contributed by atoms with Gasteiger partial charge in [0.15, 0.2) is 5.78 Å². The Labute approximate surface area is 104 Å². The molecule has 1 aliphatic rings. The number of carbonyl (C=O) groups is 2. The number of hydrogen-bond acceptors (Lipinski definition) is 4. The Bertz CT molecular complexity index is 308. The van der Waals surface area contributed by atoms with E-state index in [9.17, 15) is 9.59 Å². The molecule has 5 heteroatoms. The third-order valence-corrected chi connectivity index (χ3v) is 4.52. The zero-order chi connectivity index (χ0) is 13.1. The van der Waals surface area contributed by atoms with Gasteiger partial charge in [-0.05, 0) is 13.0 Å². The lowest BCUT2D eigenvalue weighted by atomic mass is 9.83. The van der Waals surface area contributed by atoms with Crippen LogP contribution >= 0.6 is 0 Å². The summed E-state index contributed by atoms with van der Waals surface area (Å²) in [7, 11) is -1.55. The van der Waals surface area contributed by atoms with Crippen LogP contribution in [0.25, 0.3) is 0 Å². The molecule has 0 N–H and O–H groups in total. The van der Waals surface area contributed by atoms with Crippen LogP contribution in [0, 0.1) is 5.41 Å². The van der Waals surface area contributed by atoms with Gasteiger partial charge in [0.25, 0.3) is 0 Å². The van der Waals surface area contributed by atoms with Crippen LogP contribution in [0.5, 0.6) is 0 Å².